The first-order chi connectivity index (χ1) is 8.97. The molecule has 0 unspecified atom stereocenters. The average Bonchev–Trinajstić information content (AvgIpc) is 2.80. The van der Waals surface area contributed by atoms with E-state index in [1.807, 2.05) is 6.92 Å². The topological polar surface area (TPSA) is 50.9 Å². The molecule has 0 saturated carbocycles. The second kappa shape index (κ2) is 5.13. The van der Waals surface area contributed by atoms with Gasteiger partial charge in [0.1, 0.15) is 5.69 Å². The number of aromatic nitrogens is 3. The van der Waals surface area contributed by atoms with Gasteiger partial charge in [-0.2, -0.15) is 0 Å². The maximum absolute atomic E-state index is 9.24. The molecular weight excluding hydrogens is 238 g/mol. The van der Waals surface area contributed by atoms with Crippen molar-refractivity contribution in [3.63, 3.8) is 0 Å². The molecule has 0 saturated heterocycles. The molecule has 2 rings (SSSR count). The Morgan fingerprint density at radius 2 is 1.79 bits per heavy atom. The summed E-state index contributed by atoms with van der Waals surface area (Å²) in [6.45, 7) is 8.55. The van der Waals surface area contributed by atoms with Crippen LogP contribution in [-0.2, 0) is 18.4 Å². The minimum Gasteiger partial charge on any atom is -0.390 e. The van der Waals surface area contributed by atoms with Gasteiger partial charge in [0.25, 0.3) is 0 Å². The third kappa shape index (κ3) is 2.68. The van der Waals surface area contributed by atoms with Crippen molar-refractivity contribution >= 4 is 0 Å². The molecule has 0 spiro atoms. The lowest BCUT2D eigenvalue weighted by atomic mass is 9.87. The predicted molar refractivity (Wildman–Crippen MR) is 75.4 cm³/mol. The van der Waals surface area contributed by atoms with Gasteiger partial charge in [-0.1, -0.05) is 45.0 Å². The Balaban J connectivity index is 2.40. The van der Waals surface area contributed by atoms with Crippen LogP contribution in [0.3, 0.4) is 0 Å². The summed E-state index contributed by atoms with van der Waals surface area (Å²) in [6, 6.07) is 8.34. The Morgan fingerprint density at radius 1 is 1.16 bits per heavy atom. The molecule has 0 aliphatic carbocycles. The average molecular weight is 259 g/mol. The van der Waals surface area contributed by atoms with Crippen LogP contribution in [0.25, 0.3) is 5.69 Å². The van der Waals surface area contributed by atoms with Crippen LogP contribution in [0.4, 0.5) is 0 Å². The molecule has 0 fully saturated rings. The quantitative estimate of drug-likeness (QED) is 0.921. The first-order valence-electron chi connectivity index (χ1n) is 6.62. The molecule has 0 bridgehead atoms. The minimum atomic E-state index is -0.0662. The zero-order chi connectivity index (χ0) is 14.0. The maximum atomic E-state index is 9.24. The molecule has 0 radical (unpaired) electrons. The Morgan fingerprint density at radius 3 is 2.26 bits per heavy atom. The van der Waals surface area contributed by atoms with Crippen molar-refractivity contribution in [1.82, 2.24) is 15.0 Å². The number of hydrogen-bond donors (Lipinski definition) is 1. The summed E-state index contributed by atoms with van der Waals surface area (Å²) in [7, 11) is 0. The van der Waals surface area contributed by atoms with Gasteiger partial charge in [-0.05, 0) is 29.5 Å². The fourth-order valence-corrected chi connectivity index (χ4v) is 2.12. The normalized spacial score (nSPS) is 11.8. The number of aliphatic hydroxyl groups is 1. The van der Waals surface area contributed by atoms with Crippen LogP contribution in [0.2, 0.25) is 0 Å². The molecule has 0 aliphatic rings. The van der Waals surface area contributed by atoms with Crippen molar-refractivity contribution in [2.75, 3.05) is 0 Å². The van der Waals surface area contributed by atoms with E-state index in [9.17, 15) is 5.11 Å². The fraction of sp³-hybridized carbons (Fsp3) is 0.467. The third-order valence-electron chi connectivity index (χ3n) is 3.31. The van der Waals surface area contributed by atoms with Gasteiger partial charge in [-0.15, -0.1) is 5.10 Å². The molecule has 4 nitrogen and oxygen atoms in total. The minimum absolute atomic E-state index is 0.0662. The van der Waals surface area contributed by atoms with Crippen LogP contribution in [-0.4, -0.2) is 20.1 Å². The van der Waals surface area contributed by atoms with E-state index in [0.29, 0.717) is 5.69 Å². The molecule has 0 aliphatic heterocycles. The van der Waals surface area contributed by atoms with E-state index in [0.717, 1.165) is 17.8 Å². The van der Waals surface area contributed by atoms with Crippen LogP contribution >= 0.6 is 0 Å². The zero-order valence-corrected chi connectivity index (χ0v) is 12.0. The molecule has 19 heavy (non-hydrogen) atoms. The standard InChI is InChI=1S/C15H21N3O/c1-5-14-13(10-19)16-17-18(14)12-8-6-11(7-9-12)15(2,3)4/h6-9,19H,5,10H2,1-4H3. The summed E-state index contributed by atoms with van der Waals surface area (Å²) in [5, 5.41) is 17.4. The van der Waals surface area contributed by atoms with Gasteiger partial charge in [-0.25, -0.2) is 4.68 Å². The summed E-state index contributed by atoms with van der Waals surface area (Å²) in [6.07, 6.45) is 0.796. The lowest BCUT2D eigenvalue weighted by Gasteiger charge is -2.19. The lowest BCUT2D eigenvalue weighted by Crippen LogP contribution is -2.11. The predicted octanol–water partition coefficient (Wildman–Crippen LogP) is 2.62. The van der Waals surface area contributed by atoms with E-state index < -0.39 is 0 Å². The van der Waals surface area contributed by atoms with Gasteiger partial charge < -0.3 is 5.11 Å². The highest BCUT2D eigenvalue weighted by atomic mass is 16.3. The summed E-state index contributed by atoms with van der Waals surface area (Å²) < 4.78 is 1.80. The number of hydrogen-bond acceptors (Lipinski definition) is 3. The van der Waals surface area contributed by atoms with E-state index in [2.05, 4.69) is 55.3 Å². The lowest BCUT2D eigenvalue weighted by molar-refractivity contribution is 0.275. The zero-order valence-electron chi connectivity index (χ0n) is 12.0. The molecule has 1 heterocycles. The third-order valence-corrected chi connectivity index (χ3v) is 3.31. The van der Waals surface area contributed by atoms with Crippen molar-refractivity contribution in [3.05, 3.63) is 41.2 Å². The number of nitrogens with zero attached hydrogens (tertiary/aromatic N) is 3. The molecule has 0 atom stereocenters. The molecule has 4 heteroatoms. The highest BCUT2D eigenvalue weighted by Crippen LogP contribution is 2.23. The van der Waals surface area contributed by atoms with E-state index >= 15 is 0 Å². The smallest absolute Gasteiger partial charge is 0.112 e. The second-order valence-electron chi connectivity index (χ2n) is 5.70. The van der Waals surface area contributed by atoms with E-state index in [4.69, 9.17) is 0 Å². The molecule has 102 valence electrons. The maximum Gasteiger partial charge on any atom is 0.112 e. The Kier molecular flexibility index (Phi) is 3.71. The van der Waals surface area contributed by atoms with E-state index in [1.165, 1.54) is 5.56 Å². The van der Waals surface area contributed by atoms with Crippen molar-refractivity contribution in [1.29, 1.82) is 0 Å². The highest BCUT2D eigenvalue weighted by Gasteiger charge is 2.15. The first-order valence-corrected chi connectivity index (χ1v) is 6.62. The Bertz CT molecular complexity index is 550. The molecule has 2 aromatic rings. The molecule has 0 amide bonds. The number of aliphatic hydroxyl groups excluding tert-OH is 1. The largest absolute Gasteiger partial charge is 0.390 e. The van der Waals surface area contributed by atoms with Gasteiger partial charge >= 0.3 is 0 Å². The number of rotatable bonds is 3. The van der Waals surface area contributed by atoms with Gasteiger partial charge in [0.15, 0.2) is 0 Å². The number of benzene rings is 1. The fourth-order valence-electron chi connectivity index (χ4n) is 2.12. The summed E-state index contributed by atoms with van der Waals surface area (Å²) >= 11 is 0. The van der Waals surface area contributed by atoms with Gasteiger partial charge in [0.05, 0.1) is 18.0 Å². The van der Waals surface area contributed by atoms with Gasteiger partial charge in [0, 0.05) is 0 Å². The van der Waals surface area contributed by atoms with Crippen LogP contribution in [0.5, 0.6) is 0 Å². The van der Waals surface area contributed by atoms with E-state index in [1.54, 1.807) is 4.68 Å². The molecule has 1 aromatic heterocycles. The monoisotopic (exact) mass is 259 g/mol. The van der Waals surface area contributed by atoms with Crippen LogP contribution in [0.1, 0.15) is 44.6 Å². The second-order valence-corrected chi connectivity index (χ2v) is 5.70. The van der Waals surface area contributed by atoms with Gasteiger partial charge in [0.2, 0.25) is 0 Å². The molecule has 1 N–H and O–H groups in total. The van der Waals surface area contributed by atoms with Gasteiger partial charge in [-0.3, -0.25) is 0 Å². The summed E-state index contributed by atoms with van der Waals surface area (Å²) in [4.78, 5) is 0. The van der Waals surface area contributed by atoms with Crippen molar-refractivity contribution in [2.45, 2.75) is 46.1 Å². The molecule has 1 aromatic carbocycles. The first kappa shape index (κ1) is 13.7. The van der Waals surface area contributed by atoms with Crippen LogP contribution < -0.4 is 0 Å². The molecular formula is C15H21N3O. The SMILES string of the molecule is CCc1c(CO)nnn1-c1ccc(C(C)(C)C)cc1. The van der Waals surface area contributed by atoms with Crippen LogP contribution in [0, 0.1) is 0 Å². The summed E-state index contributed by atoms with van der Waals surface area (Å²) in [5.41, 5.74) is 4.03. The van der Waals surface area contributed by atoms with E-state index in [-0.39, 0.29) is 12.0 Å². The van der Waals surface area contributed by atoms with Crippen molar-refractivity contribution in [3.8, 4) is 5.69 Å². The van der Waals surface area contributed by atoms with Crippen molar-refractivity contribution in [2.24, 2.45) is 0 Å². The highest BCUT2D eigenvalue weighted by molar-refractivity contribution is 5.38. The summed E-state index contributed by atoms with van der Waals surface area (Å²) in [5.74, 6) is 0. The van der Waals surface area contributed by atoms with Crippen molar-refractivity contribution < 1.29 is 5.11 Å². The Hall–Kier alpha value is -1.68. The Labute approximate surface area is 114 Å². The van der Waals surface area contributed by atoms with Crippen LogP contribution in [0.15, 0.2) is 24.3 Å².